The fraction of sp³-hybridized carbons (Fsp3) is 0.929. The number of carbonyl (C=O) groups is 1. The van der Waals surface area contributed by atoms with E-state index in [0.29, 0.717) is 17.2 Å². The quantitative estimate of drug-likeness (QED) is 0.756. The Morgan fingerprint density at radius 3 is 2.11 bits per heavy atom. The first kappa shape index (κ1) is 17.8. The molecule has 2 atom stereocenters. The number of hydrogen-bond donors (Lipinski definition) is 1. The molecule has 0 rings (SSSR count). The van der Waals surface area contributed by atoms with Gasteiger partial charge in [-0.05, 0) is 26.3 Å². The Balaban J connectivity index is 4.16. The summed E-state index contributed by atoms with van der Waals surface area (Å²) in [5.74, 6) is 0.108. The molecule has 0 spiro atoms. The third-order valence-electron chi connectivity index (χ3n) is 3.16. The highest BCUT2D eigenvalue weighted by molar-refractivity contribution is 8.00. The smallest absolute Gasteiger partial charge is 0.234 e. The molecule has 2 unspecified atom stereocenters. The third kappa shape index (κ3) is 7.27. The first-order chi connectivity index (χ1) is 8.04. The number of thioether (sulfide) groups is 1. The van der Waals surface area contributed by atoms with Crippen LogP contribution in [-0.2, 0) is 4.79 Å². The average molecular weight is 274 g/mol. The van der Waals surface area contributed by atoms with Crippen LogP contribution in [0, 0.1) is 5.41 Å². The number of likely N-dealkylation sites (N-methyl/N-ethyl adjacent to an activating group) is 1. The maximum atomic E-state index is 11.9. The van der Waals surface area contributed by atoms with Crippen molar-refractivity contribution >= 4 is 17.7 Å². The largest absolute Gasteiger partial charge is 0.352 e. The summed E-state index contributed by atoms with van der Waals surface area (Å²) < 4.78 is 0. The van der Waals surface area contributed by atoms with E-state index in [4.69, 9.17) is 0 Å². The highest BCUT2D eigenvalue weighted by Gasteiger charge is 2.22. The Morgan fingerprint density at radius 1 is 1.22 bits per heavy atom. The van der Waals surface area contributed by atoms with Crippen LogP contribution in [-0.4, -0.2) is 41.1 Å². The fourth-order valence-corrected chi connectivity index (χ4v) is 2.43. The summed E-state index contributed by atoms with van der Waals surface area (Å²) in [4.78, 5) is 14.0. The lowest BCUT2D eigenvalue weighted by Crippen LogP contribution is -2.46. The predicted molar refractivity (Wildman–Crippen MR) is 81.9 cm³/mol. The van der Waals surface area contributed by atoms with Crippen molar-refractivity contribution in [2.45, 2.75) is 65.1 Å². The number of nitrogens with zero attached hydrogens (tertiary/aromatic N) is 1. The lowest BCUT2D eigenvalue weighted by molar-refractivity contribution is -0.123. The van der Waals surface area contributed by atoms with Gasteiger partial charge in [-0.2, -0.15) is 0 Å². The SMILES string of the molecule is CC(C)SC(C)N(C)CC(=O)NC(C)C(C)(C)C. The molecule has 0 aromatic heterocycles. The molecule has 0 aromatic rings. The van der Waals surface area contributed by atoms with Gasteiger partial charge in [-0.25, -0.2) is 0 Å². The number of rotatable bonds is 6. The summed E-state index contributed by atoms with van der Waals surface area (Å²) in [7, 11) is 2.00. The molecule has 108 valence electrons. The van der Waals surface area contributed by atoms with Crippen molar-refractivity contribution in [2.75, 3.05) is 13.6 Å². The molecule has 1 amide bonds. The van der Waals surface area contributed by atoms with E-state index in [1.807, 2.05) is 18.8 Å². The van der Waals surface area contributed by atoms with Crippen LogP contribution in [0.25, 0.3) is 0 Å². The van der Waals surface area contributed by atoms with Gasteiger partial charge >= 0.3 is 0 Å². The molecule has 0 bridgehead atoms. The van der Waals surface area contributed by atoms with Crippen molar-refractivity contribution in [2.24, 2.45) is 5.41 Å². The van der Waals surface area contributed by atoms with Crippen LogP contribution in [0.15, 0.2) is 0 Å². The van der Waals surface area contributed by atoms with Gasteiger partial charge in [-0.1, -0.05) is 34.6 Å². The fourth-order valence-electron chi connectivity index (χ4n) is 1.36. The van der Waals surface area contributed by atoms with Gasteiger partial charge in [0.2, 0.25) is 5.91 Å². The van der Waals surface area contributed by atoms with Crippen LogP contribution in [0.2, 0.25) is 0 Å². The maximum Gasteiger partial charge on any atom is 0.234 e. The zero-order valence-corrected chi connectivity index (χ0v) is 14.0. The number of hydrogen-bond acceptors (Lipinski definition) is 3. The second-order valence-corrected chi connectivity index (χ2v) is 8.25. The maximum absolute atomic E-state index is 11.9. The Labute approximate surface area is 117 Å². The van der Waals surface area contributed by atoms with Crippen LogP contribution < -0.4 is 5.32 Å². The molecule has 1 N–H and O–H groups in total. The molecular weight excluding hydrogens is 244 g/mol. The molecule has 0 saturated heterocycles. The molecule has 0 aliphatic rings. The topological polar surface area (TPSA) is 32.3 Å². The van der Waals surface area contributed by atoms with Crippen molar-refractivity contribution in [3.8, 4) is 0 Å². The van der Waals surface area contributed by atoms with Crippen molar-refractivity contribution in [3.63, 3.8) is 0 Å². The normalized spacial score (nSPS) is 15.9. The second kappa shape index (κ2) is 7.39. The van der Waals surface area contributed by atoms with Crippen molar-refractivity contribution in [3.05, 3.63) is 0 Å². The Kier molecular flexibility index (Phi) is 7.30. The number of amides is 1. The minimum absolute atomic E-state index is 0.104. The van der Waals surface area contributed by atoms with Crippen LogP contribution in [0.1, 0.15) is 48.5 Å². The summed E-state index contributed by atoms with van der Waals surface area (Å²) in [5.41, 5.74) is 0.104. The van der Waals surface area contributed by atoms with Crippen LogP contribution in [0.3, 0.4) is 0 Å². The van der Waals surface area contributed by atoms with E-state index in [-0.39, 0.29) is 17.4 Å². The van der Waals surface area contributed by atoms with E-state index in [0.717, 1.165) is 0 Å². The Hall–Kier alpha value is -0.220. The Morgan fingerprint density at radius 2 is 1.72 bits per heavy atom. The van der Waals surface area contributed by atoms with Crippen LogP contribution in [0.5, 0.6) is 0 Å². The second-order valence-electron chi connectivity index (χ2n) is 6.35. The molecule has 3 nitrogen and oxygen atoms in total. The van der Waals surface area contributed by atoms with E-state index < -0.39 is 0 Å². The van der Waals surface area contributed by atoms with E-state index in [1.54, 1.807) is 0 Å². The summed E-state index contributed by atoms with van der Waals surface area (Å²) in [6.07, 6.45) is 0. The highest BCUT2D eigenvalue weighted by Crippen LogP contribution is 2.20. The summed E-state index contributed by atoms with van der Waals surface area (Å²) in [6.45, 7) is 15.4. The minimum Gasteiger partial charge on any atom is -0.352 e. The minimum atomic E-state index is 0.104. The standard InChI is InChI=1S/C14H30N2OS/c1-10(2)18-12(4)16(8)9-13(17)15-11(3)14(5,6)7/h10-12H,9H2,1-8H3,(H,15,17). The van der Waals surface area contributed by atoms with Gasteiger partial charge in [0.25, 0.3) is 0 Å². The van der Waals surface area contributed by atoms with Crippen LogP contribution in [0.4, 0.5) is 0 Å². The van der Waals surface area contributed by atoms with Gasteiger partial charge in [-0.15, -0.1) is 11.8 Å². The molecule has 0 aromatic carbocycles. The van der Waals surface area contributed by atoms with Gasteiger partial charge < -0.3 is 5.32 Å². The lowest BCUT2D eigenvalue weighted by Gasteiger charge is -2.30. The molecule has 0 heterocycles. The number of carbonyl (C=O) groups excluding carboxylic acids is 1. The third-order valence-corrected chi connectivity index (χ3v) is 4.46. The van der Waals surface area contributed by atoms with Crippen LogP contribution >= 0.6 is 11.8 Å². The van der Waals surface area contributed by atoms with E-state index in [9.17, 15) is 4.79 Å². The predicted octanol–water partition coefficient (Wildman–Crippen LogP) is 2.96. The first-order valence-corrected chi connectivity index (χ1v) is 7.63. The van der Waals surface area contributed by atoms with Gasteiger partial charge in [0.05, 0.1) is 11.9 Å². The van der Waals surface area contributed by atoms with E-state index >= 15 is 0 Å². The highest BCUT2D eigenvalue weighted by atomic mass is 32.2. The zero-order valence-electron chi connectivity index (χ0n) is 13.2. The lowest BCUT2D eigenvalue weighted by atomic mass is 9.88. The average Bonchev–Trinajstić information content (AvgIpc) is 2.14. The molecule has 18 heavy (non-hydrogen) atoms. The molecule has 4 heteroatoms. The molecule has 0 aliphatic heterocycles. The summed E-state index contributed by atoms with van der Waals surface area (Å²) >= 11 is 1.87. The van der Waals surface area contributed by atoms with Gasteiger partial charge in [0.15, 0.2) is 0 Å². The van der Waals surface area contributed by atoms with Gasteiger partial charge in [0, 0.05) is 11.3 Å². The summed E-state index contributed by atoms with van der Waals surface area (Å²) in [5, 5.41) is 4.01. The van der Waals surface area contributed by atoms with E-state index in [1.165, 1.54) is 0 Å². The van der Waals surface area contributed by atoms with Gasteiger partial charge in [0.1, 0.15) is 0 Å². The summed E-state index contributed by atoms with van der Waals surface area (Å²) in [6, 6.07) is 0.187. The molecule has 0 fully saturated rings. The van der Waals surface area contributed by atoms with Crippen molar-refractivity contribution in [1.29, 1.82) is 0 Å². The van der Waals surface area contributed by atoms with Crippen molar-refractivity contribution in [1.82, 2.24) is 10.2 Å². The first-order valence-electron chi connectivity index (χ1n) is 6.69. The van der Waals surface area contributed by atoms with E-state index in [2.05, 4.69) is 58.7 Å². The molecule has 0 radical (unpaired) electrons. The van der Waals surface area contributed by atoms with Gasteiger partial charge in [-0.3, -0.25) is 9.69 Å². The van der Waals surface area contributed by atoms with Crippen molar-refractivity contribution < 1.29 is 4.79 Å². The molecule has 0 saturated carbocycles. The molecule has 0 aliphatic carbocycles. The monoisotopic (exact) mass is 274 g/mol. The Bertz CT molecular complexity index is 261. The molecular formula is C14H30N2OS. The number of nitrogens with one attached hydrogen (secondary N) is 1. The zero-order chi connectivity index (χ0) is 14.5.